The fourth-order valence-electron chi connectivity index (χ4n) is 3.21. The first-order chi connectivity index (χ1) is 11.2. The molecule has 1 aromatic carbocycles. The van der Waals surface area contributed by atoms with E-state index in [0.29, 0.717) is 13.2 Å². The first-order valence-corrected chi connectivity index (χ1v) is 8.42. The number of amides is 1. The second kappa shape index (κ2) is 7.32. The summed E-state index contributed by atoms with van der Waals surface area (Å²) >= 11 is 0. The van der Waals surface area contributed by atoms with Crippen LogP contribution in [-0.4, -0.2) is 43.5 Å². The molecule has 1 N–H and O–H groups in total. The number of benzene rings is 1. The molecule has 1 saturated carbocycles. The minimum atomic E-state index is -0.138. The van der Waals surface area contributed by atoms with Crippen molar-refractivity contribution in [2.45, 2.75) is 51.0 Å². The van der Waals surface area contributed by atoms with Gasteiger partial charge in [0.2, 0.25) is 5.91 Å². The van der Waals surface area contributed by atoms with Crippen LogP contribution in [0.4, 0.5) is 0 Å². The van der Waals surface area contributed by atoms with Crippen LogP contribution in [0.25, 0.3) is 0 Å². The molecule has 0 radical (unpaired) electrons. The van der Waals surface area contributed by atoms with Gasteiger partial charge in [-0.1, -0.05) is 18.2 Å². The lowest BCUT2D eigenvalue weighted by Crippen LogP contribution is -2.63. The lowest BCUT2D eigenvalue weighted by molar-refractivity contribution is -0.135. The third-order valence-corrected chi connectivity index (χ3v) is 4.54. The van der Waals surface area contributed by atoms with Gasteiger partial charge in [0.25, 0.3) is 0 Å². The van der Waals surface area contributed by atoms with Gasteiger partial charge in [-0.2, -0.15) is 0 Å². The second-order valence-corrected chi connectivity index (χ2v) is 6.32. The van der Waals surface area contributed by atoms with Gasteiger partial charge in [0.1, 0.15) is 11.9 Å². The molecule has 1 aliphatic carbocycles. The van der Waals surface area contributed by atoms with Crippen LogP contribution in [0.5, 0.6) is 5.75 Å². The van der Waals surface area contributed by atoms with Crippen LogP contribution >= 0.6 is 0 Å². The highest BCUT2D eigenvalue weighted by Crippen LogP contribution is 2.30. The van der Waals surface area contributed by atoms with Crippen molar-refractivity contribution < 1.29 is 19.0 Å². The summed E-state index contributed by atoms with van der Waals surface area (Å²) in [6, 6.07) is 9.67. The Hall–Kier alpha value is -1.59. The summed E-state index contributed by atoms with van der Waals surface area (Å²) in [6.45, 7) is 5.14. The summed E-state index contributed by atoms with van der Waals surface area (Å²) in [5.74, 6) is 0.823. The predicted octanol–water partition coefficient (Wildman–Crippen LogP) is 2.15. The van der Waals surface area contributed by atoms with E-state index in [0.717, 1.165) is 18.6 Å². The minimum Gasteiger partial charge on any atom is -0.486 e. The Kier molecular flexibility index (Phi) is 5.18. The van der Waals surface area contributed by atoms with Crippen molar-refractivity contribution >= 4 is 5.91 Å². The number of hydrogen-bond donors (Lipinski definition) is 1. The molecule has 5 unspecified atom stereocenters. The zero-order valence-electron chi connectivity index (χ0n) is 13.7. The SMILES string of the molecule is CCOC1CC(NC(=O)C2COC(C)C2)C1Oc1ccccc1. The van der Waals surface area contributed by atoms with Crippen LogP contribution in [0.15, 0.2) is 30.3 Å². The van der Waals surface area contributed by atoms with Gasteiger partial charge in [-0.15, -0.1) is 0 Å². The number of carbonyl (C=O) groups is 1. The van der Waals surface area contributed by atoms with E-state index >= 15 is 0 Å². The highest BCUT2D eigenvalue weighted by atomic mass is 16.5. The zero-order chi connectivity index (χ0) is 16.2. The molecule has 1 heterocycles. The van der Waals surface area contributed by atoms with Crippen molar-refractivity contribution in [2.75, 3.05) is 13.2 Å². The Labute approximate surface area is 137 Å². The summed E-state index contributed by atoms with van der Waals surface area (Å²) < 4.78 is 17.2. The van der Waals surface area contributed by atoms with Crippen molar-refractivity contribution in [3.05, 3.63) is 30.3 Å². The van der Waals surface area contributed by atoms with Crippen LogP contribution in [0.2, 0.25) is 0 Å². The van der Waals surface area contributed by atoms with Gasteiger partial charge >= 0.3 is 0 Å². The Morgan fingerprint density at radius 2 is 2.09 bits per heavy atom. The largest absolute Gasteiger partial charge is 0.486 e. The van der Waals surface area contributed by atoms with E-state index in [1.807, 2.05) is 44.2 Å². The van der Waals surface area contributed by atoms with Crippen LogP contribution in [0.1, 0.15) is 26.7 Å². The number of nitrogens with one attached hydrogen (secondary N) is 1. The number of para-hydroxylation sites is 1. The molecule has 3 rings (SSSR count). The predicted molar refractivity (Wildman–Crippen MR) is 86.3 cm³/mol. The molecular weight excluding hydrogens is 294 g/mol. The smallest absolute Gasteiger partial charge is 0.225 e. The molecule has 23 heavy (non-hydrogen) atoms. The van der Waals surface area contributed by atoms with Gasteiger partial charge in [-0.25, -0.2) is 0 Å². The minimum absolute atomic E-state index is 0.00448. The Morgan fingerprint density at radius 1 is 1.30 bits per heavy atom. The number of carbonyl (C=O) groups excluding carboxylic acids is 1. The number of ether oxygens (including phenoxy) is 3. The standard InChI is InChI=1S/C18H25NO4/c1-3-21-16-10-15(17(16)23-14-7-5-4-6-8-14)19-18(20)13-9-12(2)22-11-13/h4-8,12-13,15-17H,3,9-11H2,1-2H3,(H,19,20). The lowest BCUT2D eigenvalue weighted by Gasteiger charge is -2.44. The van der Waals surface area contributed by atoms with Gasteiger partial charge in [0, 0.05) is 13.0 Å². The van der Waals surface area contributed by atoms with E-state index in [1.165, 1.54) is 0 Å². The second-order valence-electron chi connectivity index (χ2n) is 6.32. The van der Waals surface area contributed by atoms with Crippen molar-refractivity contribution in [1.29, 1.82) is 0 Å². The van der Waals surface area contributed by atoms with E-state index in [4.69, 9.17) is 14.2 Å². The molecule has 0 bridgehead atoms. The van der Waals surface area contributed by atoms with Crippen molar-refractivity contribution in [1.82, 2.24) is 5.32 Å². The van der Waals surface area contributed by atoms with Gasteiger partial charge < -0.3 is 19.5 Å². The summed E-state index contributed by atoms with van der Waals surface area (Å²) in [5.41, 5.74) is 0. The summed E-state index contributed by atoms with van der Waals surface area (Å²) in [4.78, 5) is 12.4. The van der Waals surface area contributed by atoms with Gasteiger partial charge in [-0.3, -0.25) is 4.79 Å². The topological polar surface area (TPSA) is 56.8 Å². The lowest BCUT2D eigenvalue weighted by atomic mass is 9.84. The van der Waals surface area contributed by atoms with Crippen LogP contribution in [0.3, 0.4) is 0 Å². The first-order valence-electron chi connectivity index (χ1n) is 8.42. The maximum atomic E-state index is 12.4. The maximum Gasteiger partial charge on any atom is 0.225 e. The van der Waals surface area contributed by atoms with E-state index in [9.17, 15) is 4.79 Å². The fourth-order valence-corrected chi connectivity index (χ4v) is 3.21. The molecule has 0 aromatic heterocycles. The highest BCUT2D eigenvalue weighted by molar-refractivity contribution is 5.79. The Morgan fingerprint density at radius 3 is 2.74 bits per heavy atom. The summed E-state index contributed by atoms with van der Waals surface area (Å²) in [7, 11) is 0. The fraction of sp³-hybridized carbons (Fsp3) is 0.611. The molecule has 1 amide bonds. The molecule has 2 fully saturated rings. The average molecular weight is 319 g/mol. The number of hydrogen-bond acceptors (Lipinski definition) is 4. The molecule has 5 heteroatoms. The third-order valence-electron chi connectivity index (χ3n) is 4.54. The van der Waals surface area contributed by atoms with Gasteiger partial charge in [0.15, 0.2) is 0 Å². The molecule has 1 saturated heterocycles. The molecule has 126 valence electrons. The van der Waals surface area contributed by atoms with Crippen LogP contribution in [-0.2, 0) is 14.3 Å². The van der Waals surface area contributed by atoms with Gasteiger partial charge in [0.05, 0.1) is 30.8 Å². The molecular formula is C18H25NO4. The van der Waals surface area contributed by atoms with E-state index < -0.39 is 0 Å². The summed E-state index contributed by atoms with van der Waals surface area (Å²) in [6.07, 6.45) is 1.64. The van der Waals surface area contributed by atoms with E-state index in [2.05, 4.69) is 5.32 Å². The van der Waals surface area contributed by atoms with E-state index in [-0.39, 0.29) is 36.2 Å². The highest BCUT2D eigenvalue weighted by Gasteiger charge is 2.45. The van der Waals surface area contributed by atoms with E-state index in [1.54, 1.807) is 0 Å². The molecule has 5 atom stereocenters. The average Bonchev–Trinajstić information content (AvgIpc) is 2.99. The molecule has 0 spiro atoms. The monoisotopic (exact) mass is 319 g/mol. The molecule has 1 aromatic rings. The molecule has 1 aliphatic heterocycles. The summed E-state index contributed by atoms with van der Waals surface area (Å²) in [5, 5.41) is 3.11. The molecule has 2 aliphatic rings. The van der Waals surface area contributed by atoms with Crippen molar-refractivity contribution in [2.24, 2.45) is 5.92 Å². The quantitative estimate of drug-likeness (QED) is 0.873. The molecule has 5 nitrogen and oxygen atoms in total. The van der Waals surface area contributed by atoms with Crippen LogP contribution < -0.4 is 10.1 Å². The van der Waals surface area contributed by atoms with Crippen molar-refractivity contribution in [3.63, 3.8) is 0 Å². The Balaban J connectivity index is 1.58. The zero-order valence-corrected chi connectivity index (χ0v) is 13.7. The normalized spacial score (nSPS) is 33.0. The first kappa shape index (κ1) is 16.3. The van der Waals surface area contributed by atoms with Gasteiger partial charge in [-0.05, 0) is 32.4 Å². The third kappa shape index (κ3) is 3.85. The van der Waals surface area contributed by atoms with Crippen molar-refractivity contribution in [3.8, 4) is 5.75 Å². The maximum absolute atomic E-state index is 12.4. The Bertz CT molecular complexity index is 521. The van der Waals surface area contributed by atoms with Crippen LogP contribution in [0, 0.1) is 5.92 Å². The number of rotatable bonds is 6.